The monoisotopic (exact) mass is 300 g/mol. The van der Waals surface area contributed by atoms with Crippen molar-refractivity contribution in [3.8, 4) is 0 Å². The van der Waals surface area contributed by atoms with E-state index < -0.39 is 24.0 Å². The predicted octanol–water partition coefficient (Wildman–Crippen LogP) is -1.47. The minimum absolute atomic E-state index is 0.0125. The minimum atomic E-state index is -1.12. The van der Waals surface area contributed by atoms with Gasteiger partial charge in [-0.25, -0.2) is 4.79 Å². The molecule has 0 bridgehead atoms. The first kappa shape index (κ1) is 15.7. The molecule has 8 heteroatoms. The Morgan fingerprint density at radius 2 is 2.10 bits per heavy atom. The molecule has 2 fully saturated rings. The summed E-state index contributed by atoms with van der Waals surface area (Å²) >= 11 is 0. The fourth-order valence-electron chi connectivity index (χ4n) is 2.88. The third-order valence-corrected chi connectivity index (χ3v) is 3.98. The van der Waals surface area contributed by atoms with Crippen molar-refractivity contribution in [3.63, 3.8) is 0 Å². The summed E-state index contributed by atoms with van der Waals surface area (Å²) in [6, 6.07) is -1.00. The zero-order valence-corrected chi connectivity index (χ0v) is 11.9. The highest BCUT2D eigenvalue weighted by Gasteiger charge is 2.44. The lowest BCUT2D eigenvalue weighted by molar-refractivity contribution is -0.149. The van der Waals surface area contributed by atoms with Crippen LogP contribution in [0.1, 0.15) is 12.8 Å². The largest absolute Gasteiger partial charge is 0.480 e. The molecule has 3 atom stereocenters. The van der Waals surface area contributed by atoms with Crippen molar-refractivity contribution in [3.05, 3.63) is 0 Å². The lowest BCUT2D eigenvalue weighted by Crippen LogP contribution is -2.44. The molecule has 118 valence electrons. The number of nitrogens with zero attached hydrogens (tertiary/aromatic N) is 2. The first-order valence-corrected chi connectivity index (χ1v) is 6.92. The average Bonchev–Trinajstić information content (AvgIpc) is 2.99. The molecular formula is C13H20N2O6. The maximum absolute atomic E-state index is 12.4. The van der Waals surface area contributed by atoms with E-state index in [1.807, 2.05) is 0 Å². The second kappa shape index (κ2) is 6.40. The number of aliphatic hydroxyl groups is 1. The van der Waals surface area contributed by atoms with Crippen LogP contribution in [0, 0.1) is 5.92 Å². The molecule has 21 heavy (non-hydrogen) atoms. The SMILES string of the molecule is COCCN1CC(C(=O)N2CC(O)CC2C(=O)O)CC1=O. The second-order valence-electron chi connectivity index (χ2n) is 5.47. The fraction of sp³-hybridized carbons (Fsp3) is 0.769. The first-order valence-electron chi connectivity index (χ1n) is 6.92. The third kappa shape index (κ3) is 3.33. The minimum Gasteiger partial charge on any atom is -0.480 e. The Kier molecular flexibility index (Phi) is 4.79. The van der Waals surface area contributed by atoms with Crippen LogP contribution in [0.3, 0.4) is 0 Å². The van der Waals surface area contributed by atoms with Gasteiger partial charge in [0.05, 0.1) is 18.6 Å². The number of hydrogen-bond donors (Lipinski definition) is 2. The van der Waals surface area contributed by atoms with E-state index in [4.69, 9.17) is 9.84 Å². The molecule has 2 amide bonds. The van der Waals surface area contributed by atoms with Gasteiger partial charge >= 0.3 is 5.97 Å². The van der Waals surface area contributed by atoms with Crippen LogP contribution in [-0.4, -0.2) is 83.3 Å². The Hall–Kier alpha value is -1.67. The Balaban J connectivity index is 2.00. The second-order valence-corrected chi connectivity index (χ2v) is 5.47. The van der Waals surface area contributed by atoms with Gasteiger partial charge in [-0.15, -0.1) is 0 Å². The topological polar surface area (TPSA) is 107 Å². The predicted molar refractivity (Wildman–Crippen MR) is 70.3 cm³/mol. The third-order valence-electron chi connectivity index (χ3n) is 3.98. The van der Waals surface area contributed by atoms with E-state index in [1.54, 1.807) is 4.90 Å². The molecular weight excluding hydrogens is 280 g/mol. The number of ether oxygens (including phenoxy) is 1. The number of carboxylic acid groups (broad SMARTS) is 1. The highest BCUT2D eigenvalue weighted by Crippen LogP contribution is 2.25. The highest BCUT2D eigenvalue weighted by atomic mass is 16.5. The molecule has 3 unspecified atom stereocenters. The molecule has 0 aromatic carbocycles. The Bertz CT molecular complexity index is 440. The smallest absolute Gasteiger partial charge is 0.326 e. The molecule has 2 aliphatic rings. The van der Waals surface area contributed by atoms with Crippen molar-refractivity contribution < 1.29 is 29.3 Å². The number of hydrogen-bond acceptors (Lipinski definition) is 5. The van der Waals surface area contributed by atoms with Crippen LogP contribution in [0.25, 0.3) is 0 Å². The van der Waals surface area contributed by atoms with Crippen LogP contribution in [0.15, 0.2) is 0 Å². The van der Waals surface area contributed by atoms with Crippen LogP contribution in [0.2, 0.25) is 0 Å². The van der Waals surface area contributed by atoms with E-state index in [0.29, 0.717) is 13.2 Å². The molecule has 8 nitrogen and oxygen atoms in total. The van der Waals surface area contributed by atoms with Crippen molar-refractivity contribution in [2.75, 3.05) is 33.4 Å². The summed E-state index contributed by atoms with van der Waals surface area (Å²) in [4.78, 5) is 38.1. The number of methoxy groups -OCH3 is 1. The molecule has 2 heterocycles. The van der Waals surface area contributed by atoms with E-state index in [2.05, 4.69) is 0 Å². The average molecular weight is 300 g/mol. The lowest BCUT2D eigenvalue weighted by atomic mass is 10.1. The van der Waals surface area contributed by atoms with Gasteiger partial charge in [0.15, 0.2) is 0 Å². The number of carbonyl (C=O) groups excluding carboxylic acids is 2. The van der Waals surface area contributed by atoms with Gasteiger partial charge in [0.2, 0.25) is 11.8 Å². The normalized spacial score (nSPS) is 29.2. The number of carboxylic acids is 1. The first-order chi connectivity index (χ1) is 9.93. The highest BCUT2D eigenvalue weighted by molar-refractivity contribution is 5.91. The molecule has 2 saturated heterocycles. The Morgan fingerprint density at radius 1 is 1.38 bits per heavy atom. The summed E-state index contributed by atoms with van der Waals surface area (Å²) in [7, 11) is 1.53. The lowest BCUT2D eigenvalue weighted by Gasteiger charge is -2.24. The van der Waals surface area contributed by atoms with Crippen LogP contribution < -0.4 is 0 Å². The number of carbonyl (C=O) groups is 3. The molecule has 2 N–H and O–H groups in total. The zero-order valence-electron chi connectivity index (χ0n) is 11.9. The van der Waals surface area contributed by atoms with Crippen molar-refractivity contribution in [2.24, 2.45) is 5.92 Å². The van der Waals surface area contributed by atoms with E-state index >= 15 is 0 Å². The number of rotatable bonds is 5. The van der Waals surface area contributed by atoms with Gasteiger partial charge in [0, 0.05) is 39.6 Å². The number of aliphatic hydroxyl groups excluding tert-OH is 1. The van der Waals surface area contributed by atoms with Gasteiger partial charge in [-0.05, 0) is 0 Å². The van der Waals surface area contributed by atoms with Gasteiger partial charge in [0.25, 0.3) is 0 Å². The maximum Gasteiger partial charge on any atom is 0.326 e. The van der Waals surface area contributed by atoms with Crippen molar-refractivity contribution >= 4 is 17.8 Å². The van der Waals surface area contributed by atoms with E-state index in [9.17, 15) is 19.5 Å². The van der Waals surface area contributed by atoms with Crippen molar-refractivity contribution in [1.82, 2.24) is 9.80 Å². The summed E-state index contributed by atoms with van der Waals surface area (Å²) in [5.74, 6) is -2.16. The molecule has 0 aliphatic carbocycles. The summed E-state index contributed by atoms with van der Waals surface area (Å²) in [6.45, 7) is 1.11. The summed E-state index contributed by atoms with van der Waals surface area (Å²) in [5.41, 5.74) is 0. The van der Waals surface area contributed by atoms with Crippen molar-refractivity contribution in [1.29, 1.82) is 0 Å². The fourth-order valence-corrected chi connectivity index (χ4v) is 2.88. The standard InChI is InChI=1S/C13H20N2O6/c1-21-3-2-14-6-8(4-11(14)17)12(18)15-7-9(16)5-10(15)13(19)20/h8-10,16H,2-7H2,1H3,(H,19,20). The summed E-state index contributed by atoms with van der Waals surface area (Å²) in [6.07, 6.45) is -0.701. The van der Waals surface area contributed by atoms with Gasteiger partial charge in [-0.3, -0.25) is 9.59 Å². The van der Waals surface area contributed by atoms with Crippen LogP contribution in [-0.2, 0) is 19.1 Å². The van der Waals surface area contributed by atoms with Gasteiger partial charge in [-0.2, -0.15) is 0 Å². The van der Waals surface area contributed by atoms with Crippen LogP contribution in [0.4, 0.5) is 0 Å². The Morgan fingerprint density at radius 3 is 2.71 bits per heavy atom. The van der Waals surface area contributed by atoms with E-state index in [-0.39, 0.29) is 37.7 Å². The number of aliphatic carboxylic acids is 1. The van der Waals surface area contributed by atoms with E-state index in [1.165, 1.54) is 12.0 Å². The van der Waals surface area contributed by atoms with E-state index in [0.717, 1.165) is 0 Å². The summed E-state index contributed by atoms with van der Waals surface area (Å²) in [5, 5.41) is 18.7. The number of β-amino-alcohol motifs (C(OH)–C–C–N with tert-alkyl or cyclic N) is 1. The number of amides is 2. The molecule has 0 spiro atoms. The molecule has 0 radical (unpaired) electrons. The number of likely N-dealkylation sites (tertiary alicyclic amines) is 2. The van der Waals surface area contributed by atoms with Crippen LogP contribution in [0.5, 0.6) is 0 Å². The maximum atomic E-state index is 12.4. The summed E-state index contributed by atoms with van der Waals surface area (Å²) < 4.78 is 4.91. The van der Waals surface area contributed by atoms with Crippen molar-refractivity contribution in [2.45, 2.75) is 25.0 Å². The zero-order chi connectivity index (χ0) is 15.6. The van der Waals surface area contributed by atoms with Gasteiger partial charge in [-0.1, -0.05) is 0 Å². The molecule has 0 aromatic heterocycles. The van der Waals surface area contributed by atoms with Gasteiger partial charge < -0.3 is 24.7 Å². The Labute approximate surface area is 122 Å². The molecule has 0 aromatic rings. The molecule has 2 aliphatic heterocycles. The van der Waals surface area contributed by atoms with Gasteiger partial charge in [0.1, 0.15) is 6.04 Å². The quantitative estimate of drug-likeness (QED) is 0.642. The molecule has 0 saturated carbocycles. The molecule has 2 rings (SSSR count). The van der Waals surface area contributed by atoms with Crippen LogP contribution >= 0.6 is 0 Å².